The Morgan fingerprint density at radius 3 is 2.60 bits per heavy atom. The summed E-state index contributed by atoms with van der Waals surface area (Å²) in [6, 6.07) is 19.0. The summed E-state index contributed by atoms with van der Waals surface area (Å²) < 4.78 is 11.0. The lowest BCUT2D eigenvalue weighted by Crippen LogP contribution is -2.44. The summed E-state index contributed by atoms with van der Waals surface area (Å²) in [5.41, 5.74) is 3.38. The van der Waals surface area contributed by atoms with Crippen molar-refractivity contribution in [2.24, 2.45) is 5.92 Å². The molecule has 8 nitrogen and oxygen atoms in total. The summed E-state index contributed by atoms with van der Waals surface area (Å²) in [7, 11) is 1.43. The Balaban J connectivity index is 1.33. The highest BCUT2D eigenvalue weighted by Gasteiger charge is 2.30. The lowest BCUT2D eigenvalue weighted by Gasteiger charge is -2.33. The zero-order valence-electron chi connectivity index (χ0n) is 19.8. The van der Waals surface area contributed by atoms with Gasteiger partial charge in [-0.3, -0.25) is 9.69 Å². The number of benzene rings is 2. The van der Waals surface area contributed by atoms with Gasteiger partial charge in [0.25, 0.3) is 0 Å². The molecule has 3 aromatic rings. The average molecular weight is 473 g/mol. The smallest absolute Gasteiger partial charge is 0.326 e. The first-order valence-corrected chi connectivity index (χ1v) is 11.8. The highest BCUT2D eigenvalue weighted by atomic mass is 16.5. The number of amides is 2. The average Bonchev–Trinajstić information content (AvgIpc) is 3.38. The minimum atomic E-state index is -0.192. The van der Waals surface area contributed by atoms with E-state index in [0.717, 1.165) is 41.3 Å². The van der Waals surface area contributed by atoms with Crippen LogP contribution in [0.3, 0.4) is 0 Å². The van der Waals surface area contributed by atoms with E-state index in [0.29, 0.717) is 18.8 Å². The van der Waals surface area contributed by atoms with Crippen LogP contribution in [0.1, 0.15) is 13.3 Å². The second-order valence-electron chi connectivity index (χ2n) is 8.88. The molecule has 2 amide bonds. The maximum absolute atomic E-state index is 13.0. The first-order valence-electron chi connectivity index (χ1n) is 11.8. The van der Waals surface area contributed by atoms with Gasteiger partial charge in [0, 0.05) is 30.5 Å². The van der Waals surface area contributed by atoms with E-state index in [-0.39, 0.29) is 24.0 Å². The van der Waals surface area contributed by atoms with Gasteiger partial charge in [-0.25, -0.2) is 9.78 Å². The number of methoxy groups -OCH3 is 1. The molecule has 0 spiro atoms. The van der Waals surface area contributed by atoms with Crippen molar-refractivity contribution in [3.05, 3.63) is 66.9 Å². The Labute approximate surface area is 204 Å². The Bertz CT molecular complexity index is 1220. The summed E-state index contributed by atoms with van der Waals surface area (Å²) in [6.45, 7) is 3.80. The molecule has 0 saturated carbocycles. The van der Waals surface area contributed by atoms with Gasteiger partial charge in [-0.15, -0.1) is 0 Å². The number of carbonyl (C=O) groups excluding carboxylic acids is 2. The van der Waals surface area contributed by atoms with Crippen molar-refractivity contribution in [2.45, 2.75) is 19.4 Å². The first-order chi connectivity index (χ1) is 17.0. The topological polar surface area (TPSA) is 84.0 Å². The minimum absolute atomic E-state index is 0.108. The van der Waals surface area contributed by atoms with E-state index in [2.05, 4.69) is 15.2 Å². The molecule has 2 unspecified atom stereocenters. The standard InChI is InChI=1S/C27H28N4O4/c1-18-16-31(27(33)29-22-6-4-3-5-7-22)23-10-8-19(14-24(23)35-18)20-9-11-25(28-15-20)30-13-12-21(17-30)26(32)34-2/h3-11,14-15,18,21H,12-13,16-17H2,1-2H3,(H,29,33). The van der Waals surface area contributed by atoms with Gasteiger partial charge in [-0.2, -0.15) is 0 Å². The molecular weight excluding hydrogens is 444 g/mol. The predicted molar refractivity (Wildman–Crippen MR) is 135 cm³/mol. The lowest BCUT2D eigenvalue weighted by atomic mass is 10.1. The summed E-state index contributed by atoms with van der Waals surface area (Å²) >= 11 is 0. The van der Waals surface area contributed by atoms with Crippen molar-refractivity contribution in [1.82, 2.24) is 4.98 Å². The Morgan fingerprint density at radius 1 is 1.06 bits per heavy atom. The number of urea groups is 1. The molecule has 35 heavy (non-hydrogen) atoms. The van der Waals surface area contributed by atoms with Crippen LogP contribution in [0.5, 0.6) is 5.75 Å². The molecule has 180 valence electrons. The van der Waals surface area contributed by atoms with Gasteiger partial charge in [0.05, 0.1) is 25.3 Å². The van der Waals surface area contributed by atoms with Crippen LogP contribution in [-0.2, 0) is 9.53 Å². The molecule has 1 aromatic heterocycles. The molecule has 1 fully saturated rings. The predicted octanol–water partition coefficient (Wildman–Crippen LogP) is 4.57. The van der Waals surface area contributed by atoms with E-state index in [9.17, 15) is 9.59 Å². The van der Waals surface area contributed by atoms with Crippen LogP contribution in [0.4, 0.5) is 22.0 Å². The second kappa shape index (κ2) is 9.66. The fourth-order valence-corrected chi connectivity index (χ4v) is 4.60. The summed E-state index contributed by atoms with van der Waals surface area (Å²) in [4.78, 5) is 33.3. The monoisotopic (exact) mass is 472 g/mol. The van der Waals surface area contributed by atoms with E-state index in [1.165, 1.54) is 7.11 Å². The minimum Gasteiger partial charge on any atom is -0.487 e. The Morgan fingerprint density at radius 2 is 1.86 bits per heavy atom. The Hall–Kier alpha value is -4.07. The highest BCUT2D eigenvalue weighted by molar-refractivity contribution is 6.03. The number of carbonyl (C=O) groups is 2. The van der Waals surface area contributed by atoms with E-state index in [1.54, 1.807) is 4.90 Å². The molecule has 8 heteroatoms. The number of aromatic nitrogens is 1. The van der Waals surface area contributed by atoms with Gasteiger partial charge < -0.3 is 19.7 Å². The number of fused-ring (bicyclic) bond motifs is 1. The zero-order chi connectivity index (χ0) is 24.4. The molecule has 0 radical (unpaired) electrons. The van der Waals surface area contributed by atoms with Crippen LogP contribution in [0.2, 0.25) is 0 Å². The van der Waals surface area contributed by atoms with Crippen molar-refractivity contribution < 1.29 is 19.1 Å². The maximum atomic E-state index is 13.0. The molecule has 2 aromatic carbocycles. The summed E-state index contributed by atoms with van der Waals surface area (Å²) in [6.07, 6.45) is 2.46. The molecule has 1 saturated heterocycles. The largest absolute Gasteiger partial charge is 0.487 e. The van der Waals surface area contributed by atoms with Crippen molar-refractivity contribution >= 4 is 29.2 Å². The van der Waals surface area contributed by atoms with Crippen LogP contribution in [0, 0.1) is 5.92 Å². The third-order valence-electron chi connectivity index (χ3n) is 6.42. The van der Waals surface area contributed by atoms with Crippen molar-refractivity contribution in [3.8, 4) is 16.9 Å². The number of pyridine rings is 1. The Kier molecular flexibility index (Phi) is 6.27. The van der Waals surface area contributed by atoms with Gasteiger partial charge >= 0.3 is 12.0 Å². The number of nitrogens with zero attached hydrogens (tertiary/aromatic N) is 3. The third-order valence-corrected chi connectivity index (χ3v) is 6.42. The molecule has 1 N–H and O–H groups in total. The lowest BCUT2D eigenvalue weighted by molar-refractivity contribution is -0.144. The third kappa shape index (κ3) is 4.77. The number of rotatable bonds is 4. The molecule has 0 aliphatic carbocycles. The maximum Gasteiger partial charge on any atom is 0.326 e. The number of ether oxygens (including phenoxy) is 2. The van der Waals surface area contributed by atoms with Gasteiger partial charge in [-0.05, 0) is 55.3 Å². The SMILES string of the molecule is COC(=O)C1CCN(c2ccc(-c3ccc4c(c3)OC(C)CN4C(=O)Nc3ccccc3)cn2)C1. The van der Waals surface area contributed by atoms with E-state index >= 15 is 0 Å². The normalized spacial score (nSPS) is 19.0. The fraction of sp³-hybridized carbons (Fsp3) is 0.296. The summed E-state index contributed by atoms with van der Waals surface area (Å²) in [5.74, 6) is 1.22. The number of esters is 1. The van der Waals surface area contributed by atoms with Gasteiger partial charge in [-0.1, -0.05) is 24.3 Å². The molecule has 0 bridgehead atoms. The van der Waals surface area contributed by atoms with Crippen molar-refractivity contribution in [3.63, 3.8) is 0 Å². The van der Waals surface area contributed by atoms with E-state index in [4.69, 9.17) is 9.47 Å². The van der Waals surface area contributed by atoms with Crippen LogP contribution >= 0.6 is 0 Å². The van der Waals surface area contributed by atoms with Crippen LogP contribution in [0.25, 0.3) is 11.1 Å². The van der Waals surface area contributed by atoms with Crippen molar-refractivity contribution in [2.75, 3.05) is 41.9 Å². The molecular formula is C27H28N4O4. The summed E-state index contributed by atoms with van der Waals surface area (Å²) in [5, 5.41) is 2.95. The van der Waals surface area contributed by atoms with E-state index in [1.807, 2.05) is 73.8 Å². The van der Waals surface area contributed by atoms with E-state index < -0.39 is 0 Å². The van der Waals surface area contributed by atoms with Gasteiger partial charge in [0.2, 0.25) is 0 Å². The van der Waals surface area contributed by atoms with Crippen LogP contribution in [-0.4, -0.2) is 49.8 Å². The molecule has 2 atom stereocenters. The zero-order valence-corrected chi connectivity index (χ0v) is 19.8. The second-order valence-corrected chi connectivity index (χ2v) is 8.88. The molecule has 2 aliphatic rings. The van der Waals surface area contributed by atoms with Crippen LogP contribution in [0.15, 0.2) is 66.9 Å². The fourth-order valence-electron chi connectivity index (χ4n) is 4.60. The number of hydrogen-bond acceptors (Lipinski definition) is 6. The number of para-hydroxylation sites is 1. The highest BCUT2D eigenvalue weighted by Crippen LogP contribution is 2.37. The number of hydrogen-bond donors (Lipinski definition) is 1. The first kappa shape index (κ1) is 22.7. The molecule has 2 aliphatic heterocycles. The number of nitrogens with one attached hydrogen (secondary N) is 1. The molecule has 3 heterocycles. The van der Waals surface area contributed by atoms with Crippen LogP contribution < -0.4 is 19.9 Å². The van der Waals surface area contributed by atoms with Gasteiger partial charge in [0.1, 0.15) is 17.7 Å². The van der Waals surface area contributed by atoms with Crippen molar-refractivity contribution in [1.29, 1.82) is 0 Å². The van der Waals surface area contributed by atoms with Gasteiger partial charge in [0.15, 0.2) is 0 Å². The quantitative estimate of drug-likeness (QED) is 0.560. The number of anilines is 3. The molecule has 5 rings (SSSR count).